The lowest BCUT2D eigenvalue weighted by atomic mass is 10.0. The van der Waals surface area contributed by atoms with Gasteiger partial charge in [0, 0.05) is 36.9 Å². The number of carbonyl (C=O) groups is 1. The molecule has 5 rings (SSSR count). The number of anilines is 1. The van der Waals surface area contributed by atoms with E-state index in [0.29, 0.717) is 25.5 Å². The van der Waals surface area contributed by atoms with E-state index in [0.717, 1.165) is 27.9 Å². The first-order valence-electron chi connectivity index (χ1n) is 13.8. The third kappa shape index (κ3) is 5.15. The fraction of sp³-hybridized carbons (Fsp3) is 0.567. The number of rotatable bonds is 3. The molecule has 0 N–H and O–H groups in total. The summed E-state index contributed by atoms with van der Waals surface area (Å²) < 4.78 is 22.6. The monoisotopic (exact) mass is 536 g/mol. The van der Waals surface area contributed by atoms with Crippen molar-refractivity contribution in [2.24, 2.45) is 4.99 Å². The van der Waals surface area contributed by atoms with Crippen molar-refractivity contribution < 1.29 is 13.9 Å². The van der Waals surface area contributed by atoms with Gasteiger partial charge in [0.25, 0.3) is 0 Å². The van der Waals surface area contributed by atoms with Crippen LogP contribution in [0, 0.1) is 6.92 Å². The summed E-state index contributed by atoms with van der Waals surface area (Å²) in [6.45, 7) is 20.0. The van der Waals surface area contributed by atoms with Crippen LogP contribution in [0.3, 0.4) is 0 Å². The van der Waals surface area contributed by atoms with Gasteiger partial charge in [0.2, 0.25) is 0 Å². The van der Waals surface area contributed by atoms with Gasteiger partial charge in [0.1, 0.15) is 5.60 Å². The van der Waals surface area contributed by atoms with Gasteiger partial charge in [-0.3, -0.25) is 14.6 Å². The summed E-state index contributed by atoms with van der Waals surface area (Å²) in [7, 11) is 0. The first-order valence-corrected chi connectivity index (χ1v) is 13.8. The molecule has 1 unspecified atom stereocenters. The van der Waals surface area contributed by atoms with Gasteiger partial charge in [0.05, 0.1) is 34.9 Å². The third-order valence-electron chi connectivity index (χ3n) is 7.66. The predicted molar refractivity (Wildman–Crippen MR) is 154 cm³/mol. The minimum atomic E-state index is -0.524. The third-order valence-corrected chi connectivity index (χ3v) is 7.66. The van der Waals surface area contributed by atoms with Gasteiger partial charge in [0.15, 0.2) is 11.7 Å². The molecule has 9 heteroatoms. The Hall–Kier alpha value is -3.36. The van der Waals surface area contributed by atoms with Crippen molar-refractivity contribution >= 4 is 28.5 Å². The Kier molecular flexibility index (Phi) is 6.55. The van der Waals surface area contributed by atoms with Crippen LogP contribution in [-0.2, 0) is 4.74 Å². The van der Waals surface area contributed by atoms with Crippen molar-refractivity contribution in [3.05, 3.63) is 47.6 Å². The number of amides is 1. The molecule has 0 bridgehead atoms. The normalized spacial score (nSPS) is 23.8. The quantitative estimate of drug-likeness (QED) is 0.483. The molecule has 3 aliphatic heterocycles. The van der Waals surface area contributed by atoms with Gasteiger partial charge >= 0.3 is 6.09 Å². The highest BCUT2D eigenvalue weighted by Gasteiger charge is 2.37. The van der Waals surface area contributed by atoms with E-state index in [-0.39, 0.29) is 35.6 Å². The van der Waals surface area contributed by atoms with E-state index in [1.165, 1.54) is 0 Å². The molecule has 3 aliphatic rings. The van der Waals surface area contributed by atoms with Crippen LogP contribution >= 0.6 is 0 Å². The number of halogens is 1. The molecule has 1 aromatic heterocycles. The zero-order valence-corrected chi connectivity index (χ0v) is 24.6. The molecule has 4 heterocycles. The molecule has 3 atom stereocenters. The van der Waals surface area contributed by atoms with Gasteiger partial charge in [-0.25, -0.2) is 9.18 Å². The van der Waals surface area contributed by atoms with Gasteiger partial charge in [-0.05, 0) is 92.2 Å². The highest BCUT2D eigenvalue weighted by molar-refractivity contribution is 6.00. The number of hydrogen-bond donors (Lipinski definition) is 0. The van der Waals surface area contributed by atoms with Crippen LogP contribution in [0.4, 0.5) is 14.9 Å². The number of fused-ring (bicyclic) bond motifs is 2. The van der Waals surface area contributed by atoms with Crippen LogP contribution in [0.5, 0.6) is 0 Å². The maximum Gasteiger partial charge on any atom is 0.410 e. The Labute approximate surface area is 230 Å². The van der Waals surface area contributed by atoms with Gasteiger partial charge < -0.3 is 14.5 Å². The topological polar surface area (TPSA) is 66.2 Å². The fourth-order valence-electron chi connectivity index (χ4n) is 5.96. The van der Waals surface area contributed by atoms with Crippen molar-refractivity contribution in [2.75, 3.05) is 24.5 Å². The van der Waals surface area contributed by atoms with Crippen molar-refractivity contribution in [3.8, 4) is 0 Å². The largest absolute Gasteiger partial charge is 0.444 e. The van der Waals surface area contributed by atoms with Crippen LogP contribution in [-0.4, -0.2) is 74.4 Å². The SMILES string of the molecule is Cc1nn(C(C)C2=CN3CC(C)(C)N=C3C(F)=C2)c2ccc(N3C[C@H](C)N(C(=O)OC(C)(C)C)[C@@H](C)C3)cc12. The van der Waals surface area contributed by atoms with Gasteiger partial charge in [-0.15, -0.1) is 0 Å². The number of piperazine rings is 1. The van der Waals surface area contributed by atoms with E-state index in [1.807, 2.05) is 62.2 Å². The van der Waals surface area contributed by atoms with E-state index >= 15 is 0 Å². The van der Waals surface area contributed by atoms with Crippen molar-refractivity contribution in [1.29, 1.82) is 0 Å². The Morgan fingerprint density at radius 2 is 1.85 bits per heavy atom. The minimum Gasteiger partial charge on any atom is -0.444 e. The van der Waals surface area contributed by atoms with Gasteiger partial charge in [-0.1, -0.05) is 0 Å². The van der Waals surface area contributed by atoms with Crippen LogP contribution < -0.4 is 4.90 Å². The van der Waals surface area contributed by atoms with Crippen LogP contribution in [0.25, 0.3) is 10.9 Å². The first kappa shape index (κ1) is 27.2. The Bertz CT molecular complexity index is 1390. The van der Waals surface area contributed by atoms with E-state index in [9.17, 15) is 9.18 Å². The molecular weight excluding hydrogens is 495 g/mol. The maximum absolute atomic E-state index is 15.0. The minimum absolute atomic E-state index is 0.00653. The van der Waals surface area contributed by atoms with Crippen molar-refractivity contribution in [3.63, 3.8) is 0 Å². The molecule has 39 heavy (non-hydrogen) atoms. The summed E-state index contributed by atoms with van der Waals surface area (Å²) in [6, 6.07) is 6.27. The Morgan fingerprint density at radius 1 is 1.18 bits per heavy atom. The number of aliphatic imine (C=N–C) groups is 1. The number of benzene rings is 1. The lowest BCUT2D eigenvalue weighted by Gasteiger charge is -2.45. The fourth-order valence-corrected chi connectivity index (χ4v) is 5.96. The molecule has 2 aromatic rings. The van der Waals surface area contributed by atoms with Crippen LogP contribution in [0.2, 0.25) is 0 Å². The average molecular weight is 537 g/mol. The Balaban J connectivity index is 1.38. The number of amidine groups is 1. The molecular formula is C30H41FN6O2. The smallest absolute Gasteiger partial charge is 0.410 e. The second-order valence-electron chi connectivity index (χ2n) is 12.9. The average Bonchev–Trinajstić information content (AvgIpc) is 3.32. The molecule has 0 spiro atoms. The lowest BCUT2D eigenvalue weighted by Crippen LogP contribution is -2.59. The Morgan fingerprint density at radius 3 is 2.49 bits per heavy atom. The second kappa shape index (κ2) is 9.38. The zero-order valence-electron chi connectivity index (χ0n) is 24.6. The number of aryl methyl sites for hydroxylation is 1. The first-order chi connectivity index (χ1) is 18.1. The molecule has 0 radical (unpaired) electrons. The van der Waals surface area contributed by atoms with E-state index in [2.05, 4.69) is 48.9 Å². The molecule has 8 nitrogen and oxygen atoms in total. The van der Waals surface area contributed by atoms with Crippen molar-refractivity contribution in [2.45, 2.75) is 91.6 Å². The summed E-state index contributed by atoms with van der Waals surface area (Å²) in [4.78, 5) is 23.5. The number of ether oxygens (including phenoxy) is 1. The highest BCUT2D eigenvalue weighted by atomic mass is 19.1. The maximum atomic E-state index is 15.0. The summed E-state index contributed by atoms with van der Waals surface area (Å²) in [5.74, 6) is 0.117. The summed E-state index contributed by atoms with van der Waals surface area (Å²) in [5, 5.41) is 5.95. The van der Waals surface area contributed by atoms with Crippen molar-refractivity contribution in [1.82, 2.24) is 19.6 Å². The summed E-state index contributed by atoms with van der Waals surface area (Å²) in [6.07, 6.45) is 3.33. The summed E-state index contributed by atoms with van der Waals surface area (Å²) in [5.41, 5.74) is 3.06. The van der Waals surface area contributed by atoms with Crippen LogP contribution in [0.1, 0.15) is 67.1 Å². The molecule has 1 saturated heterocycles. The number of allylic oxidation sites excluding steroid dienone is 2. The number of carbonyl (C=O) groups excluding carboxylic acids is 1. The van der Waals surface area contributed by atoms with E-state index in [4.69, 9.17) is 9.84 Å². The lowest BCUT2D eigenvalue weighted by molar-refractivity contribution is 0.00566. The second-order valence-corrected chi connectivity index (χ2v) is 12.9. The highest BCUT2D eigenvalue weighted by Crippen LogP contribution is 2.35. The van der Waals surface area contributed by atoms with E-state index < -0.39 is 5.60 Å². The molecule has 1 aromatic carbocycles. The molecule has 0 aliphatic carbocycles. The number of hydrogen-bond acceptors (Lipinski definition) is 6. The predicted octanol–water partition coefficient (Wildman–Crippen LogP) is 5.98. The standard InChI is InChI=1S/C30H41FN6O2/c1-18-14-34(15-19(2)36(18)28(38)39-29(5,6)7)23-10-11-26-24(13-23)20(3)33-37(26)21(4)22-12-25(31)27-32-30(8,9)17-35(27)16-22/h10-13,16,18-19,21H,14-15,17H2,1-9H3/t18-,19-,21?/m0/s1. The summed E-state index contributed by atoms with van der Waals surface area (Å²) >= 11 is 0. The van der Waals surface area contributed by atoms with E-state index in [1.54, 1.807) is 6.08 Å². The molecule has 1 fully saturated rings. The van der Waals surface area contributed by atoms with Crippen LogP contribution in [0.15, 0.2) is 46.9 Å². The molecule has 1 amide bonds. The number of aromatic nitrogens is 2. The van der Waals surface area contributed by atoms with Gasteiger partial charge in [-0.2, -0.15) is 5.10 Å². The number of nitrogens with zero attached hydrogens (tertiary/aromatic N) is 6. The molecule has 210 valence electrons. The molecule has 0 saturated carbocycles. The zero-order chi connectivity index (χ0) is 28.4.